The third-order valence-electron chi connectivity index (χ3n) is 5.38. The zero-order valence-electron chi connectivity index (χ0n) is 14.2. The summed E-state index contributed by atoms with van der Waals surface area (Å²) < 4.78 is 5.82. The van der Waals surface area contributed by atoms with Crippen LogP contribution < -0.4 is 0 Å². The summed E-state index contributed by atoms with van der Waals surface area (Å²) in [5, 5.41) is 0. The second-order valence-electron chi connectivity index (χ2n) is 7.26. The van der Waals surface area contributed by atoms with Crippen molar-refractivity contribution in [3.05, 3.63) is 30.1 Å². The molecule has 0 aromatic carbocycles. The Kier molecular flexibility index (Phi) is 4.97. The van der Waals surface area contributed by atoms with E-state index in [-0.39, 0.29) is 17.9 Å². The highest BCUT2D eigenvalue weighted by atomic mass is 16.5. The SMILES string of the molecule is CN(C)C(=O)COC[C@]12CCC[C@H]1CN(Cc1ccncc1)C2. The Balaban J connectivity index is 1.56. The number of rotatable bonds is 6. The Labute approximate surface area is 138 Å². The molecule has 3 rings (SSSR count). The lowest BCUT2D eigenvalue weighted by atomic mass is 9.81. The first kappa shape index (κ1) is 16.4. The van der Waals surface area contributed by atoms with Crippen molar-refractivity contribution in [2.75, 3.05) is 40.4 Å². The third-order valence-corrected chi connectivity index (χ3v) is 5.38. The second-order valence-corrected chi connectivity index (χ2v) is 7.26. The van der Waals surface area contributed by atoms with E-state index in [0.717, 1.165) is 19.6 Å². The summed E-state index contributed by atoms with van der Waals surface area (Å²) in [5.74, 6) is 0.751. The molecule has 2 heterocycles. The first-order valence-electron chi connectivity index (χ1n) is 8.48. The number of likely N-dealkylation sites (N-methyl/N-ethyl adjacent to an activating group) is 1. The van der Waals surface area contributed by atoms with Gasteiger partial charge in [-0.2, -0.15) is 0 Å². The standard InChI is InChI=1S/C18H27N3O2/c1-20(2)17(22)12-23-14-18-7-3-4-16(18)11-21(13-18)10-15-5-8-19-9-6-15/h5-6,8-9,16H,3-4,7,10-14H2,1-2H3/t16-,18+/m0/s1. The number of aromatic nitrogens is 1. The number of carbonyl (C=O) groups is 1. The van der Waals surface area contributed by atoms with Crippen LogP contribution in [0.3, 0.4) is 0 Å². The predicted molar refractivity (Wildman–Crippen MR) is 88.8 cm³/mol. The minimum absolute atomic E-state index is 0.0441. The van der Waals surface area contributed by atoms with Crippen molar-refractivity contribution in [2.24, 2.45) is 11.3 Å². The number of ether oxygens (including phenoxy) is 1. The van der Waals surface area contributed by atoms with Crippen molar-refractivity contribution >= 4 is 5.91 Å². The van der Waals surface area contributed by atoms with Gasteiger partial charge in [0.1, 0.15) is 6.61 Å². The molecule has 5 nitrogen and oxygen atoms in total. The number of fused-ring (bicyclic) bond motifs is 1. The maximum atomic E-state index is 11.7. The molecule has 0 N–H and O–H groups in total. The number of pyridine rings is 1. The van der Waals surface area contributed by atoms with Crippen LogP contribution in [0.2, 0.25) is 0 Å². The molecule has 2 atom stereocenters. The van der Waals surface area contributed by atoms with E-state index in [0.29, 0.717) is 12.5 Å². The van der Waals surface area contributed by atoms with Crippen LogP contribution >= 0.6 is 0 Å². The van der Waals surface area contributed by atoms with Crippen molar-refractivity contribution in [1.82, 2.24) is 14.8 Å². The maximum Gasteiger partial charge on any atom is 0.248 e. The molecule has 5 heteroatoms. The molecule has 1 saturated carbocycles. The van der Waals surface area contributed by atoms with Crippen molar-refractivity contribution in [2.45, 2.75) is 25.8 Å². The minimum atomic E-state index is 0.0441. The number of nitrogens with zero attached hydrogens (tertiary/aromatic N) is 3. The van der Waals surface area contributed by atoms with E-state index >= 15 is 0 Å². The highest BCUT2D eigenvalue weighted by Gasteiger charge is 2.49. The van der Waals surface area contributed by atoms with Gasteiger partial charge in [0.25, 0.3) is 0 Å². The van der Waals surface area contributed by atoms with Gasteiger partial charge < -0.3 is 9.64 Å². The van der Waals surface area contributed by atoms with E-state index in [2.05, 4.69) is 22.0 Å². The molecule has 2 aliphatic rings. The fourth-order valence-electron chi connectivity index (χ4n) is 4.10. The molecule has 1 aromatic heterocycles. The molecule has 2 fully saturated rings. The van der Waals surface area contributed by atoms with E-state index in [4.69, 9.17) is 4.74 Å². The van der Waals surface area contributed by atoms with Crippen LogP contribution in [0.1, 0.15) is 24.8 Å². The Morgan fingerprint density at radius 3 is 2.96 bits per heavy atom. The fraction of sp³-hybridized carbons (Fsp3) is 0.667. The summed E-state index contributed by atoms with van der Waals surface area (Å²) in [6.45, 7) is 4.12. The normalized spacial score (nSPS) is 27.1. The molecule has 1 aliphatic heterocycles. The van der Waals surface area contributed by atoms with Gasteiger partial charge in [-0.3, -0.25) is 14.7 Å². The van der Waals surface area contributed by atoms with Crippen molar-refractivity contribution in [3.8, 4) is 0 Å². The molecule has 0 radical (unpaired) electrons. The molecule has 0 spiro atoms. The fourth-order valence-corrected chi connectivity index (χ4v) is 4.10. The van der Waals surface area contributed by atoms with E-state index in [1.807, 2.05) is 12.4 Å². The van der Waals surface area contributed by atoms with Crippen molar-refractivity contribution in [1.29, 1.82) is 0 Å². The molecule has 1 aliphatic carbocycles. The Hall–Kier alpha value is -1.46. The van der Waals surface area contributed by atoms with E-state index in [9.17, 15) is 4.79 Å². The van der Waals surface area contributed by atoms with Crippen LogP contribution in [-0.4, -0.2) is 61.1 Å². The molecule has 23 heavy (non-hydrogen) atoms. The van der Waals surface area contributed by atoms with Crippen LogP contribution in [0.5, 0.6) is 0 Å². The smallest absolute Gasteiger partial charge is 0.248 e. The van der Waals surface area contributed by atoms with E-state index in [1.54, 1.807) is 19.0 Å². The highest BCUT2D eigenvalue weighted by Crippen LogP contribution is 2.49. The lowest BCUT2D eigenvalue weighted by Crippen LogP contribution is -2.34. The topological polar surface area (TPSA) is 45.7 Å². The molecule has 0 bridgehead atoms. The van der Waals surface area contributed by atoms with Gasteiger partial charge in [0.2, 0.25) is 5.91 Å². The predicted octanol–water partition coefficient (Wildman–Crippen LogP) is 1.79. The molecule has 0 unspecified atom stereocenters. The summed E-state index contributed by atoms with van der Waals surface area (Å²) in [7, 11) is 3.54. The second kappa shape index (κ2) is 6.97. The lowest BCUT2D eigenvalue weighted by Gasteiger charge is -2.29. The van der Waals surface area contributed by atoms with Crippen LogP contribution in [0, 0.1) is 11.3 Å². The van der Waals surface area contributed by atoms with Gasteiger partial charge in [0.05, 0.1) is 6.61 Å². The number of amides is 1. The number of likely N-dealkylation sites (tertiary alicyclic amines) is 1. The largest absolute Gasteiger partial charge is 0.371 e. The number of carbonyl (C=O) groups excluding carboxylic acids is 1. The quantitative estimate of drug-likeness (QED) is 0.802. The maximum absolute atomic E-state index is 11.7. The van der Waals surface area contributed by atoms with Gasteiger partial charge in [-0.1, -0.05) is 6.42 Å². The summed E-state index contributed by atoms with van der Waals surface area (Å²) in [4.78, 5) is 19.9. The van der Waals surface area contributed by atoms with Crippen LogP contribution in [0.15, 0.2) is 24.5 Å². The number of hydrogen-bond acceptors (Lipinski definition) is 4. The molecule has 1 amide bonds. The van der Waals surface area contributed by atoms with Crippen LogP contribution in [0.25, 0.3) is 0 Å². The van der Waals surface area contributed by atoms with Gasteiger partial charge in [-0.25, -0.2) is 0 Å². The van der Waals surface area contributed by atoms with Gasteiger partial charge in [0, 0.05) is 51.5 Å². The average Bonchev–Trinajstić information content (AvgIpc) is 3.04. The van der Waals surface area contributed by atoms with E-state index < -0.39 is 0 Å². The van der Waals surface area contributed by atoms with Crippen molar-refractivity contribution in [3.63, 3.8) is 0 Å². The first-order chi connectivity index (χ1) is 11.1. The Morgan fingerprint density at radius 2 is 2.22 bits per heavy atom. The Morgan fingerprint density at radius 1 is 1.43 bits per heavy atom. The minimum Gasteiger partial charge on any atom is -0.371 e. The summed E-state index contributed by atoms with van der Waals surface area (Å²) >= 11 is 0. The highest BCUT2D eigenvalue weighted by molar-refractivity contribution is 5.76. The molecule has 126 valence electrons. The van der Waals surface area contributed by atoms with Gasteiger partial charge in [0.15, 0.2) is 0 Å². The van der Waals surface area contributed by atoms with Gasteiger partial charge in [-0.15, -0.1) is 0 Å². The van der Waals surface area contributed by atoms with Crippen LogP contribution in [-0.2, 0) is 16.1 Å². The molecular weight excluding hydrogens is 290 g/mol. The monoisotopic (exact) mass is 317 g/mol. The van der Waals surface area contributed by atoms with Crippen LogP contribution in [0.4, 0.5) is 0 Å². The molecule has 1 aromatic rings. The zero-order chi connectivity index (χ0) is 16.3. The van der Waals surface area contributed by atoms with E-state index in [1.165, 1.54) is 24.8 Å². The average molecular weight is 317 g/mol. The number of hydrogen-bond donors (Lipinski definition) is 0. The Bertz CT molecular complexity index is 534. The van der Waals surface area contributed by atoms with Gasteiger partial charge >= 0.3 is 0 Å². The zero-order valence-corrected chi connectivity index (χ0v) is 14.2. The first-order valence-corrected chi connectivity index (χ1v) is 8.48. The lowest BCUT2D eigenvalue weighted by molar-refractivity contribution is -0.135. The molecular formula is C18H27N3O2. The summed E-state index contributed by atoms with van der Waals surface area (Å²) in [6.07, 6.45) is 7.52. The van der Waals surface area contributed by atoms with Crippen molar-refractivity contribution < 1.29 is 9.53 Å². The summed E-state index contributed by atoms with van der Waals surface area (Å²) in [6, 6.07) is 4.18. The third kappa shape index (κ3) is 3.72. The summed E-state index contributed by atoms with van der Waals surface area (Å²) in [5.41, 5.74) is 1.57. The van der Waals surface area contributed by atoms with Gasteiger partial charge in [-0.05, 0) is 36.5 Å². The molecule has 1 saturated heterocycles.